The molecule has 0 unspecified atom stereocenters. The normalized spacial score (nSPS) is 9.44. The quantitative estimate of drug-likeness (QED) is 0.616. The Hall–Kier alpha value is -0.770. The highest BCUT2D eigenvalue weighted by Gasteiger charge is 1.89. The van der Waals surface area contributed by atoms with E-state index in [1.54, 1.807) is 6.07 Å². The van der Waals surface area contributed by atoms with Crippen LogP contribution in [-0.2, 0) is 0 Å². The Bertz CT molecular complexity index is 268. The minimum absolute atomic E-state index is 0.432. The molecule has 0 bridgehead atoms. The van der Waals surface area contributed by atoms with Crippen molar-refractivity contribution in [3.05, 3.63) is 33.2 Å². The van der Waals surface area contributed by atoms with Crippen LogP contribution in [0.15, 0.2) is 27.6 Å². The van der Waals surface area contributed by atoms with Crippen molar-refractivity contribution in [3.8, 4) is 0 Å². The third-order valence-corrected chi connectivity index (χ3v) is 1.33. The van der Waals surface area contributed by atoms with Gasteiger partial charge in [0, 0.05) is 10.5 Å². The molecular weight excluding hydrogens is 186 g/mol. The molecule has 0 aliphatic carbocycles. The first-order valence-electron chi connectivity index (χ1n) is 2.27. The van der Waals surface area contributed by atoms with E-state index in [0.29, 0.717) is 9.20 Å². The molecule has 0 spiro atoms. The van der Waals surface area contributed by atoms with Crippen molar-refractivity contribution in [1.82, 2.24) is 4.73 Å². The van der Waals surface area contributed by atoms with Crippen LogP contribution in [0.1, 0.15) is 0 Å². The molecule has 1 N–H and O–H groups in total. The summed E-state index contributed by atoms with van der Waals surface area (Å²) in [7, 11) is 0. The highest BCUT2D eigenvalue weighted by Crippen LogP contribution is 2.02. The lowest BCUT2D eigenvalue weighted by molar-refractivity contribution is 0.174. The Morgan fingerprint density at radius 2 is 2.22 bits per heavy atom. The van der Waals surface area contributed by atoms with Gasteiger partial charge in [0.1, 0.15) is 0 Å². The summed E-state index contributed by atoms with van der Waals surface area (Å²) >= 11 is 3.08. The molecule has 48 valence electrons. The van der Waals surface area contributed by atoms with Crippen LogP contribution >= 0.6 is 15.9 Å². The highest BCUT2D eigenvalue weighted by molar-refractivity contribution is 9.10. The van der Waals surface area contributed by atoms with Gasteiger partial charge in [-0.1, -0.05) is 0 Å². The zero-order chi connectivity index (χ0) is 6.85. The van der Waals surface area contributed by atoms with Gasteiger partial charge < -0.3 is 5.21 Å². The van der Waals surface area contributed by atoms with Crippen molar-refractivity contribution >= 4 is 15.9 Å². The molecule has 0 saturated carbocycles. The third-order valence-electron chi connectivity index (χ3n) is 0.857. The number of nitrogens with zero attached hydrogens (tertiary/aromatic N) is 1. The van der Waals surface area contributed by atoms with Gasteiger partial charge in [0.2, 0.25) is 0 Å². The molecule has 1 heterocycles. The van der Waals surface area contributed by atoms with E-state index < -0.39 is 5.56 Å². The average molecular weight is 190 g/mol. The van der Waals surface area contributed by atoms with Crippen molar-refractivity contribution < 1.29 is 5.21 Å². The minimum Gasteiger partial charge on any atom is -0.425 e. The monoisotopic (exact) mass is 189 g/mol. The summed E-state index contributed by atoms with van der Waals surface area (Å²) in [5, 5.41) is 8.67. The number of rotatable bonds is 0. The van der Waals surface area contributed by atoms with Gasteiger partial charge in [0.25, 0.3) is 5.56 Å². The Morgan fingerprint density at radius 3 is 2.67 bits per heavy atom. The molecule has 9 heavy (non-hydrogen) atoms. The van der Waals surface area contributed by atoms with E-state index in [4.69, 9.17) is 5.21 Å². The predicted octanol–water partition coefficient (Wildman–Crippen LogP) is 0.848. The Labute approximate surface area is 59.6 Å². The second-order valence-corrected chi connectivity index (χ2v) is 2.45. The molecule has 0 aliphatic heterocycles. The molecule has 1 aromatic rings. The third kappa shape index (κ3) is 1.32. The van der Waals surface area contributed by atoms with Crippen LogP contribution in [0.5, 0.6) is 0 Å². The first kappa shape index (κ1) is 6.35. The molecule has 0 atom stereocenters. The van der Waals surface area contributed by atoms with Crippen LogP contribution < -0.4 is 5.56 Å². The van der Waals surface area contributed by atoms with Gasteiger partial charge >= 0.3 is 0 Å². The summed E-state index contributed by atoms with van der Waals surface area (Å²) in [6.07, 6.45) is 1.28. The summed E-state index contributed by atoms with van der Waals surface area (Å²) in [6.45, 7) is 0. The Balaban J connectivity index is 3.34. The number of aromatic nitrogens is 1. The standard InChI is InChI=1S/C5H4BrNO2/c6-4-1-2-5(8)7(9)3-4/h1-3,9H. The van der Waals surface area contributed by atoms with Gasteiger partial charge in [-0.25, -0.2) is 0 Å². The van der Waals surface area contributed by atoms with Crippen LogP contribution in [0.25, 0.3) is 0 Å². The smallest absolute Gasteiger partial charge is 0.282 e. The highest BCUT2D eigenvalue weighted by atomic mass is 79.9. The number of halogens is 1. The predicted molar refractivity (Wildman–Crippen MR) is 35.6 cm³/mol. The van der Waals surface area contributed by atoms with Crippen LogP contribution in [-0.4, -0.2) is 9.94 Å². The summed E-state index contributed by atoms with van der Waals surface area (Å²) in [5.41, 5.74) is -0.432. The molecular formula is C5H4BrNO2. The Morgan fingerprint density at radius 1 is 1.56 bits per heavy atom. The van der Waals surface area contributed by atoms with Crippen molar-refractivity contribution in [1.29, 1.82) is 0 Å². The largest absolute Gasteiger partial charge is 0.425 e. The average Bonchev–Trinajstić information content (AvgIpc) is 1.80. The topological polar surface area (TPSA) is 42.2 Å². The Kier molecular flexibility index (Phi) is 1.57. The first-order chi connectivity index (χ1) is 4.20. The summed E-state index contributed by atoms with van der Waals surface area (Å²) < 4.78 is 1.19. The fourth-order valence-corrected chi connectivity index (χ4v) is 0.777. The van der Waals surface area contributed by atoms with Gasteiger partial charge in [-0.3, -0.25) is 4.79 Å². The van der Waals surface area contributed by atoms with E-state index in [-0.39, 0.29) is 0 Å². The van der Waals surface area contributed by atoms with E-state index in [1.165, 1.54) is 12.3 Å². The SMILES string of the molecule is O=c1ccc(Br)cn1O. The number of hydrogen-bond acceptors (Lipinski definition) is 2. The second-order valence-electron chi connectivity index (χ2n) is 1.53. The lowest BCUT2D eigenvalue weighted by Crippen LogP contribution is -2.14. The molecule has 1 aromatic heterocycles. The lowest BCUT2D eigenvalue weighted by atomic mass is 10.5. The molecule has 0 aliphatic rings. The van der Waals surface area contributed by atoms with E-state index in [1.807, 2.05) is 0 Å². The van der Waals surface area contributed by atoms with E-state index >= 15 is 0 Å². The molecule has 0 amide bonds. The van der Waals surface area contributed by atoms with Crippen LogP contribution in [0.2, 0.25) is 0 Å². The molecule has 0 fully saturated rings. The van der Waals surface area contributed by atoms with Crippen molar-refractivity contribution in [2.24, 2.45) is 0 Å². The van der Waals surface area contributed by atoms with E-state index in [2.05, 4.69) is 15.9 Å². The van der Waals surface area contributed by atoms with Crippen LogP contribution in [0, 0.1) is 0 Å². The fourth-order valence-electron chi connectivity index (χ4n) is 0.451. The van der Waals surface area contributed by atoms with Crippen molar-refractivity contribution in [3.63, 3.8) is 0 Å². The van der Waals surface area contributed by atoms with Crippen molar-refractivity contribution in [2.45, 2.75) is 0 Å². The maximum atomic E-state index is 10.5. The van der Waals surface area contributed by atoms with Crippen molar-refractivity contribution in [2.75, 3.05) is 0 Å². The molecule has 3 nitrogen and oxygen atoms in total. The zero-order valence-electron chi connectivity index (χ0n) is 4.41. The molecule has 0 radical (unpaired) electrons. The molecule has 1 rings (SSSR count). The lowest BCUT2D eigenvalue weighted by Gasteiger charge is -1.92. The maximum Gasteiger partial charge on any atom is 0.282 e. The molecule has 0 aromatic carbocycles. The van der Waals surface area contributed by atoms with Gasteiger partial charge in [-0.05, 0) is 22.0 Å². The van der Waals surface area contributed by atoms with Crippen LogP contribution in [0.4, 0.5) is 0 Å². The van der Waals surface area contributed by atoms with Gasteiger partial charge in [0.05, 0.1) is 6.20 Å². The zero-order valence-corrected chi connectivity index (χ0v) is 6.00. The summed E-state index contributed by atoms with van der Waals surface area (Å²) in [6, 6.07) is 2.83. The molecule has 4 heteroatoms. The van der Waals surface area contributed by atoms with Gasteiger partial charge in [-0.2, -0.15) is 4.73 Å². The fraction of sp³-hybridized carbons (Fsp3) is 0. The van der Waals surface area contributed by atoms with E-state index in [0.717, 1.165) is 0 Å². The maximum absolute atomic E-state index is 10.5. The second kappa shape index (κ2) is 2.23. The summed E-state index contributed by atoms with van der Waals surface area (Å²) in [5.74, 6) is 0. The number of hydrogen-bond donors (Lipinski definition) is 1. The van der Waals surface area contributed by atoms with Gasteiger partial charge in [0.15, 0.2) is 0 Å². The minimum atomic E-state index is -0.432. The number of pyridine rings is 1. The summed E-state index contributed by atoms with van der Waals surface area (Å²) in [4.78, 5) is 10.5. The molecule has 0 saturated heterocycles. The van der Waals surface area contributed by atoms with E-state index in [9.17, 15) is 4.79 Å². The van der Waals surface area contributed by atoms with Crippen LogP contribution in [0.3, 0.4) is 0 Å². The van der Waals surface area contributed by atoms with Gasteiger partial charge in [-0.15, -0.1) is 0 Å². The first-order valence-corrected chi connectivity index (χ1v) is 3.07.